The van der Waals surface area contributed by atoms with Crippen molar-refractivity contribution in [1.82, 2.24) is 15.8 Å². The summed E-state index contributed by atoms with van der Waals surface area (Å²) in [6.45, 7) is 0.442. The summed E-state index contributed by atoms with van der Waals surface area (Å²) in [5, 5.41) is 0. The molecule has 2 N–H and O–H groups in total. The highest BCUT2D eigenvalue weighted by molar-refractivity contribution is 5.88. The third-order valence-electron chi connectivity index (χ3n) is 5.64. The maximum Gasteiger partial charge on any atom is 0.243 e. The third-order valence-corrected chi connectivity index (χ3v) is 5.64. The van der Waals surface area contributed by atoms with Gasteiger partial charge in [0.2, 0.25) is 17.7 Å². The predicted octanol–water partition coefficient (Wildman–Crippen LogP) is 2.72. The molecule has 0 aromatic heterocycles. The van der Waals surface area contributed by atoms with Crippen molar-refractivity contribution >= 4 is 17.7 Å². The van der Waals surface area contributed by atoms with Gasteiger partial charge in [-0.3, -0.25) is 25.2 Å². The number of nitrogens with one attached hydrogen (secondary N) is 2. The Bertz CT molecular complexity index is 881. The van der Waals surface area contributed by atoms with Crippen LogP contribution in [0.2, 0.25) is 0 Å². The van der Waals surface area contributed by atoms with E-state index in [1.54, 1.807) is 4.90 Å². The largest absolute Gasteiger partial charge is 0.331 e. The molecule has 1 saturated carbocycles. The number of carbonyl (C=O) groups excluding carboxylic acids is 3. The van der Waals surface area contributed by atoms with Crippen molar-refractivity contribution in [2.45, 2.75) is 38.3 Å². The van der Waals surface area contributed by atoms with Crippen LogP contribution >= 0.6 is 0 Å². The van der Waals surface area contributed by atoms with Gasteiger partial charge in [0.25, 0.3) is 0 Å². The highest BCUT2D eigenvalue weighted by Crippen LogP contribution is 2.38. The Kier molecular flexibility index (Phi) is 5.60. The van der Waals surface area contributed by atoms with Crippen LogP contribution in [0.5, 0.6) is 0 Å². The zero-order valence-electron chi connectivity index (χ0n) is 16.2. The molecule has 0 bridgehead atoms. The number of rotatable bonds is 5. The molecular formula is C23H25N3O3. The molecule has 1 aliphatic carbocycles. The second-order valence-electron chi connectivity index (χ2n) is 7.76. The van der Waals surface area contributed by atoms with E-state index >= 15 is 0 Å². The van der Waals surface area contributed by atoms with Gasteiger partial charge in [0.15, 0.2) is 0 Å². The van der Waals surface area contributed by atoms with Gasteiger partial charge in [-0.05, 0) is 30.4 Å². The summed E-state index contributed by atoms with van der Waals surface area (Å²) in [6, 6.07) is 19.1. The molecule has 6 heteroatoms. The minimum atomic E-state index is -0.432. The lowest BCUT2D eigenvalue weighted by molar-refractivity contribution is -0.145. The first-order valence-electron chi connectivity index (χ1n) is 10.1. The van der Waals surface area contributed by atoms with Crippen LogP contribution in [0.3, 0.4) is 0 Å². The first-order chi connectivity index (χ1) is 14.1. The SMILES string of the molecule is O=C(NNC(=O)[C@@H]1CCC(=O)N(Cc2ccccc2)[C@@H]1c1ccccc1)C1CC1. The molecule has 2 aromatic carbocycles. The number of likely N-dealkylation sites (tertiary alicyclic amines) is 1. The van der Waals surface area contributed by atoms with E-state index < -0.39 is 5.92 Å². The van der Waals surface area contributed by atoms with E-state index in [1.807, 2.05) is 60.7 Å². The lowest BCUT2D eigenvalue weighted by Gasteiger charge is -2.41. The van der Waals surface area contributed by atoms with E-state index in [1.165, 1.54) is 0 Å². The van der Waals surface area contributed by atoms with Crippen molar-refractivity contribution in [3.05, 3.63) is 71.8 Å². The molecule has 29 heavy (non-hydrogen) atoms. The minimum Gasteiger partial charge on any atom is -0.331 e. The van der Waals surface area contributed by atoms with Crippen molar-refractivity contribution < 1.29 is 14.4 Å². The summed E-state index contributed by atoms with van der Waals surface area (Å²) >= 11 is 0. The van der Waals surface area contributed by atoms with Crippen molar-refractivity contribution in [3.63, 3.8) is 0 Å². The zero-order chi connectivity index (χ0) is 20.2. The number of hydrazine groups is 1. The Balaban J connectivity index is 1.58. The normalized spacial score (nSPS) is 21.5. The van der Waals surface area contributed by atoms with E-state index in [0.717, 1.165) is 24.0 Å². The molecule has 1 saturated heterocycles. The molecule has 0 spiro atoms. The van der Waals surface area contributed by atoms with Gasteiger partial charge in [-0.15, -0.1) is 0 Å². The van der Waals surface area contributed by atoms with Gasteiger partial charge in [-0.1, -0.05) is 60.7 Å². The highest BCUT2D eigenvalue weighted by Gasteiger charge is 2.41. The molecule has 150 valence electrons. The summed E-state index contributed by atoms with van der Waals surface area (Å²) in [5.74, 6) is -0.768. The third kappa shape index (κ3) is 4.47. The van der Waals surface area contributed by atoms with Crippen LogP contribution in [0.15, 0.2) is 60.7 Å². The standard InChI is InChI=1S/C23H25N3O3/c27-20-14-13-19(23(29)25-24-22(28)18-11-12-18)21(17-9-5-2-6-10-17)26(20)15-16-7-3-1-4-8-16/h1-10,18-19,21H,11-15H2,(H,24,28)(H,25,29)/t19-,21-/m1/s1. The van der Waals surface area contributed by atoms with Crippen LogP contribution in [0.4, 0.5) is 0 Å². The van der Waals surface area contributed by atoms with Crippen molar-refractivity contribution in [2.75, 3.05) is 0 Å². The topological polar surface area (TPSA) is 78.5 Å². The van der Waals surface area contributed by atoms with Gasteiger partial charge in [0, 0.05) is 18.9 Å². The van der Waals surface area contributed by atoms with E-state index in [2.05, 4.69) is 10.9 Å². The van der Waals surface area contributed by atoms with Gasteiger partial charge in [0.05, 0.1) is 12.0 Å². The Morgan fingerprint density at radius 1 is 0.862 bits per heavy atom. The smallest absolute Gasteiger partial charge is 0.243 e. The fraction of sp³-hybridized carbons (Fsp3) is 0.348. The summed E-state index contributed by atoms with van der Waals surface area (Å²) < 4.78 is 0. The van der Waals surface area contributed by atoms with E-state index in [9.17, 15) is 14.4 Å². The Hall–Kier alpha value is -3.15. The van der Waals surface area contributed by atoms with Crippen LogP contribution in [-0.2, 0) is 20.9 Å². The van der Waals surface area contributed by atoms with Crippen molar-refractivity contribution in [1.29, 1.82) is 0 Å². The summed E-state index contributed by atoms with van der Waals surface area (Å²) in [4.78, 5) is 39.5. The minimum absolute atomic E-state index is 0.0164. The van der Waals surface area contributed by atoms with Crippen molar-refractivity contribution in [3.8, 4) is 0 Å². The second-order valence-corrected chi connectivity index (χ2v) is 7.76. The molecule has 0 radical (unpaired) electrons. The fourth-order valence-corrected chi connectivity index (χ4v) is 3.92. The average molecular weight is 391 g/mol. The maximum absolute atomic E-state index is 13.0. The first kappa shape index (κ1) is 19.2. The number of benzene rings is 2. The number of hydrogen-bond acceptors (Lipinski definition) is 3. The monoisotopic (exact) mass is 391 g/mol. The predicted molar refractivity (Wildman–Crippen MR) is 108 cm³/mol. The number of carbonyl (C=O) groups is 3. The average Bonchev–Trinajstić information content (AvgIpc) is 3.60. The Morgan fingerprint density at radius 3 is 2.14 bits per heavy atom. The molecule has 1 aliphatic heterocycles. The summed E-state index contributed by atoms with van der Waals surface area (Å²) in [6.07, 6.45) is 2.51. The quantitative estimate of drug-likeness (QED) is 0.770. The summed E-state index contributed by atoms with van der Waals surface area (Å²) in [7, 11) is 0. The maximum atomic E-state index is 13.0. The summed E-state index contributed by atoms with van der Waals surface area (Å²) in [5.41, 5.74) is 7.08. The molecular weight excluding hydrogens is 366 g/mol. The number of amides is 3. The number of piperidine rings is 1. The van der Waals surface area contributed by atoms with Crippen LogP contribution in [0.25, 0.3) is 0 Å². The Morgan fingerprint density at radius 2 is 1.48 bits per heavy atom. The molecule has 2 fully saturated rings. The molecule has 2 aromatic rings. The lowest BCUT2D eigenvalue weighted by Crippen LogP contribution is -2.51. The molecule has 2 aliphatic rings. The van der Waals surface area contributed by atoms with Gasteiger partial charge in [-0.2, -0.15) is 0 Å². The number of nitrogens with zero attached hydrogens (tertiary/aromatic N) is 1. The molecule has 2 atom stereocenters. The second kappa shape index (κ2) is 8.47. The van der Waals surface area contributed by atoms with Crippen molar-refractivity contribution in [2.24, 2.45) is 11.8 Å². The van der Waals surface area contributed by atoms with E-state index in [-0.39, 0.29) is 29.7 Å². The van der Waals surface area contributed by atoms with Crippen LogP contribution in [0.1, 0.15) is 42.9 Å². The van der Waals surface area contributed by atoms with E-state index in [4.69, 9.17) is 0 Å². The van der Waals surface area contributed by atoms with E-state index in [0.29, 0.717) is 19.4 Å². The first-order valence-corrected chi connectivity index (χ1v) is 10.1. The van der Waals surface area contributed by atoms with Gasteiger partial charge in [-0.25, -0.2) is 0 Å². The van der Waals surface area contributed by atoms with Crippen LogP contribution in [0, 0.1) is 11.8 Å². The van der Waals surface area contributed by atoms with Crippen LogP contribution < -0.4 is 10.9 Å². The molecule has 3 amide bonds. The molecule has 0 unspecified atom stereocenters. The van der Waals surface area contributed by atoms with Gasteiger partial charge < -0.3 is 4.90 Å². The van der Waals surface area contributed by atoms with Gasteiger partial charge in [0.1, 0.15) is 0 Å². The molecule has 6 nitrogen and oxygen atoms in total. The van der Waals surface area contributed by atoms with Gasteiger partial charge >= 0.3 is 0 Å². The fourth-order valence-electron chi connectivity index (χ4n) is 3.92. The number of hydrogen-bond donors (Lipinski definition) is 2. The molecule has 1 heterocycles. The molecule has 4 rings (SSSR count). The Labute approximate surface area is 170 Å². The zero-order valence-corrected chi connectivity index (χ0v) is 16.2. The lowest BCUT2D eigenvalue weighted by atomic mass is 9.83. The van der Waals surface area contributed by atoms with Crippen LogP contribution in [-0.4, -0.2) is 22.6 Å². The highest BCUT2D eigenvalue weighted by atomic mass is 16.2.